The number of carboxylic acid groups (broad SMARTS) is 1. The van der Waals surface area contributed by atoms with Gasteiger partial charge in [0.1, 0.15) is 0 Å². The lowest BCUT2D eigenvalue weighted by molar-refractivity contribution is -0.137. The maximum absolute atomic E-state index is 10.2. The summed E-state index contributed by atoms with van der Waals surface area (Å²) in [5, 5.41) is 18.3. The van der Waals surface area contributed by atoms with Crippen molar-refractivity contribution in [2.45, 2.75) is 138 Å². The lowest BCUT2D eigenvalue weighted by atomic mass is 9.47. The van der Waals surface area contributed by atoms with Gasteiger partial charge in [-0.1, -0.05) is 78.9 Å². The highest BCUT2D eigenvalue weighted by Crippen LogP contribution is 2.67. The summed E-state index contributed by atoms with van der Waals surface area (Å²) in [6.07, 6.45) is 19.2. The second-order valence-electron chi connectivity index (χ2n) is 14.7. The normalized spacial score (nSPS) is 33.8. The molecule has 6 N–H and O–H groups in total. The average molecular weight is 667 g/mol. The smallest absolute Gasteiger partial charge is 0.478 e. The third kappa shape index (κ3) is 11.3. The highest BCUT2D eigenvalue weighted by Gasteiger charge is 2.59. The molecule has 0 saturated heterocycles. The molecule has 0 spiro atoms. The zero-order valence-electron chi connectivity index (χ0n) is 27.7. The van der Waals surface area contributed by atoms with E-state index >= 15 is 0 Å². The largest absolute Gasteiger partial charge is 0.481 e. The van der Waals surface area contributed by atoms with E-state index in [0.717, 1.165) is 61.2 Å². The van der Waals surface area contributed by atoms with Crippen molar-refractivity contribution in [2.75, 3.05) is 0 Å². The van der Waals surface area contributed by atoms with E-state index in [0.29, 0.717) is 17.3 Å². The van der Waals surface area contributed by atoms with Crippen LogP contribution in [0.4, 0.5) is 0 Å². The topological polar surface area (TPSA) is 182 Å². The van der Waals surface area contributed by atoms with E-state index in [1.165, 1.54) is 57.8 Å². The highest BCUT2D eigenvalue weighted by molar-refractivity contribution is 7.60. The predicted molar refractivity (Wildman–Crippen MR) is 171 cm³/mol. The number of rotatable bonds is 10. The predicted octanol–water partition coefficient (Wildman–Crippen LogP) is 7.84. The number of aliphatic carboxylic acids is 1. The van der Waals surface area contributed by atoms with Crippen LogP contribution >= 0.6 is 15.6 Å². The summed E-state index contributed by atoms with van der Waals surface area (Å²) < 4.78 is 22.2. The molecule has 4 rings (SSSR count). The standard InChI is InChI=1S/C27H46O.C5H10O2.H4O7P2/c1-18(2)7-6-8-19(3)23-11-12-24-22-10-9-20-17-21(28)13-15-26(20,4)25(22)14-16-27(23,24)5;1-2-3-4-5(6)7;1-8(2,3)7-9(4,5)6/h9,18-19,21-25,28H,6-8,10-17H2,1-5H3;2-4H2,1H3,(H,6,7);(H2,1,2,3)(H2,4,5,6)/t19?,21-,22-,23+,24-,25-,26-,27+;;/m0../s1. The average Bonchev–Trinajstić information content (AvgIpc) is 3.23. The van der Waals surface area contributed by atoms with Gasteiger partial charge in [0.25, 0.3) is 0 Å². The summed E-state index contributed by atoms with van der Waals surface area (Å²) >= 11 is 0. The number of unbranched alkanes of at least 4 members (excludes halogenated alkanes) is 1. The van der Waals surface area contributed by atoms with Crippen molar-refractivity contribution in [1.82, 2.24) is 0 Å². The number of aliphatic hydroxyl groups excluding tert-OH is 1. The van der Waals surface area contributed by atoms with Crippen molar-refractivity contribution in [3.63, 3.8) is 0 Å². The number of hydrogen-bond acceptors (Lipinski definition) is 5. The molecule has 258 valence electrons. The second kappa shape index (κ2) is 16.5. The van der Waals surface area contributed by atoms with Crippen molar-refractivity contribution in [3.05, 3.63) is 11.6 Å². The molecule has 0 aromatic rings. The molecule has 4 aliphatic rings. The van der Waals surface area contributed by atoms with Crippen LogP contribution in [0.1, 0.15) is 131 Å². The molecule has 0 bridgehead atoms. The van der Waals surface area contributed by atoms with Crippen LogP contribution in [0.25, 0.3) is 0 Å². The van der Waals surface area contributed by atoms with Crippen LogP contribution in [0.15, 0.2) is 11.6 Å². The molecule has 3 saturated carbocycles. The maximum atomic E-state index is 10.2. The Bertz CT molecular complexity index is 1030. The van der Waals surface area contributed by atoms with Crippen molar-refractivity contribution in [3.8, 4) is 0 Å². The van der Waals surface area contributed by atoms with Crippen molar-refractivity contribution < 1.29 is 48.0 Å². The van der Waals surface area contributed by atoms with E-state index in [1.807, 2.05) is 6.92 Å². The SMILES string of the molecule is CC(C)CCCC(C)[C@H]1CC[C@H]2[C@@H]3CC=C4C[C@@H](O)CC[C@]4(C)[C@H]3CC[C@]12C.CCCCC(=O)O.O=P(O)(O)OP(=O)(O)O. The third-order valence-electron chi connectivity index (χ3n) is 11.2. The van der Waals surface area contributed by atoms with Gasteiger partial charge in [-0.25, -0.2) is 9.13 Å². The molecule has 4 aliphatic carbocycles. The van der Waals surface area contributed by atoms with E-state index in [9.17, 15) is 19.0 Å². The molecule has 0 amide bonds. The molecule has 12 heteroatoms. The van der Waals surface area contributed by atoms with Crippen LogP contribution in [-0.4, -0.2) is 41.9 Å². The first-order chi connectivity index (χ1) is 20.2. The minimum atomic E-state index is -5.05. The molecule has 44 heavy (non-hydrogen) atoms. The summed E-state index contributed by atoms with van der Waals surface area (Å²) in [5.41, 5.74) is 2.60. The summed E-state index contributed by atoms with van der Waals surface area (Å²) in [6, 6.07) is 0. The zero-order valence-corrected chi connectivity index (χ0v) is 29.5. The van der Waals surface area contributed by atoms with Gasteiger partial charge in [0.2, 0.25) is 0 Å². The van der Waals surface area contributed by atoms with Crippen LogP contribution < -0.4 is 0 Å². The van der Waals surface area contributed by atoms with Crippen LogP contribution in [0, 0.1) is 46.3 Å². The number of phosphoric acid groups is 2. The summed E-state index contributed by atoms with van der Waals surface area (Å²) in [6.45, 7) is 14.5. The molecule has 8 atom stereocenters. The Morgan fingerprint density at radius 3 is 2.09 bits per heavy atom. The van der Waals surface area contributed by atoms with Crippen LogP contribution in [0.3, 0.4) is 0 Å². The van der Waals surface area contributed by atoms with E-state index in [2.05, 4.69) is 45.0 Å². The minimum Gasteiger partial charge on any atom is -0.481 e. The van der Waals surface area contributed by atoms with E-state index in [1.54, 1.807) is 5.57 Å². The Hall–Kier alpha value is -0.570. The molecule has 1 unspecified atom stereocenters. The number of hydrogen-bond donors (Lipinski definition) is 6. The molecule has 0 heterocycles. The van der Waals surface area contributed by atoms with Gasteiger partial charge >= 0.3 is 21.6 Å². The first-order valence-electron chi connectivity index (χ1n) is 16.6. The Balaban J connectivity index is 0.000000349. The van der Waals surface area contributed by atoms with E-state index < -0.39 is 21.6 Å². The van der Waals surface area contributed by atoms with E-state index in [-0.39, 0.29) is 6.10 Å². The van der Waals surface area contributed by atoms with Gasteiger partial charge < -0.3 is 29.8 Å². The van der Waals surface area contributed by atoms with Gasteiger partial charge in [-0.3, -0.25) is 4.79 Å². The Kier molecular flexibility index (Phi) is 14.9. The summed E-state index contributed by atoms with van der Waals surface area (Å²) in [7, 11) is -10.1. The number of carboxylic acids is 1. The molecule has 0 radical (unpaired) electrons. The Labute approximate surface area is 264 Å². The molecule has 0 aliphatic heterocycles. The number of carbonyl (C=O) groups is 1. The van der Waals surface area contributed by atoms with Gasteiger partial charge in [-0.05, 0) is 104 Å². The summed E-state index contributed by atoms with van der Waals surface area (Å²) in [5.74, 6) is 4.76. The molecule has 3 fully saturated rings. The first-order valence-corrected chi connectivity index (χ1v) is 19.7. The third-order valence-corrected chi connectivity index (χ3v) is 12.9. The van der Waals surface area contributed by atoms with Crippen molar-refractivity contribution in [2.24, 2.45) is 46.3 Å². The second-order valence-corrected chi connectivity index (χ2v) is 17.4. The quantitative estimate of drug-likeness (QED) is 0.0992. The summed E-state index contributed by atoms with van der Waals surface area (Å²) in [4.78, 5) is 40.8. The van der Waals surface area contributed by atoms with Crippen molar-refractivity contribution >= 4 is 21.6 Å². The number of aliphatic hydroxyl groups is 1. The van der Waals surface area contributed by atoms with Gasteiger partial charge in [-0.2, -0.15) is 4.31 Å². The molecular weight excluding hydrogens is 606 g/mol. The fraction of sp³-hybridized carbons (Fsp3) is 0.906. The molecule has 0 aromatic carbocycles. The monoisotopic (exact) mass is 666 g/mol. The fourth-order valence-corrected chi connectivity index (χ4v) is 10.2. The first kappa shape index (κ1) is 39.6. The van der Waals surface area contributed by atoms with Gasteiger partial charge in [0.15, 0.2) is 0 Å². The van der Waals surface area contributed by atoms with Gasteiger partial charge in [0.05, 0.1) is 6.10 Å². The van der Waals surface area contributed by atoms with Gasteiger partial charge in [0, 0.05) is 6.42 Å². The van der Waals surface area contributed by atoms with Crippen LogP contribution in [0.5, 0.6) is 0 Å². The minimum absolute atomic E-state index is 0.0766. The number of allylic oxidation sites excluding steroid dienone is 1. The molecule has 0 aromatic heterocycles. The molecular formula is C32H60O10P2. The van der Waals surface area contributed by atoms with Crippen LogP contribution in [0.2, 0.25) is 0 Å². The lowest BCUT2D eigenvalue weighted by Gasteiger charge is -2.58. The lowest BCUT2D eigenvalue weighted by Crippen LogP contribution is -2.50. The molecule has 10 nitrogen and oxygen atoms in total. The maximum Gasteiger partial charge on any atom is 0.478 e. The number of fused-ring (bicyclic) bond motifs is 5. The highest BCUT2D eigenvalue weighted by atomic mass is 31.3. The van der Waals surface area contributed by atoms with Crippen LogP contribution in [-0.2, 0) is 18.2 Å². The van der Waals surface area contributed by atoms with E-state index in [4.69, 9.17) is 24.7 Å². The van der Waals surface area contributed by atoms with Gasteiger partial charge in [-0.15, -0.1) is 0 Å². The Morgan fingerprint density at radius 2 is 1.59 bits per heavy atom. The zero-order chi connectivity index (χ0) is 33.5. The van der Waals surface area contributed by atoms with Crippen molar-refractivity contribution in [1.29, 1.82) is 0 Å². The Morgan fingerprint density at radius 1 is 0.955 bits per heavy atom. The fourth-order valence-electron chi connectivity index (χ4n) is 9.13.